The van der Waals surface area contributed by atoms with Gasteiger partial charge < -0.3 is 20.5 Å². The zero-order valence-electron chi connectivity index (χ0n) is 13.8. The molecule has 1 fully saturated rings. The molecule has 3 atom stereocenters. The number of methoxy groups -OCH3 is 1. The number of hydrogen-bond donors (Lipinski definition) is 3. The molecule has 0 radical (unpaired) electrons. The summed E-state index contributed by atoms with van der Waals surface area (Å²) in [5.74, 6) is 0.0831. The largest absolute Gasteiger partial charge is 0.388 e. The topological polar surface area (TPSA) is 70.6 Å². The van der Waals surface area contributed by atoms with Gasteiger partial charge in [-0.1, -0.05) is 27.7 Å². The SMILES string of the molecule is COC1(C)CC(NC(=O)NCC(C)(O)C(C)C)C1(C)C. The van der Waals surface area contributed by atoms with Crippen LogP contribution in [0.2, 0.25) is 0 Å². The molecule has 1 aliphatic rings. The lowest BCUT2D eigenvalue weighted by Gasteiger charge is -2.59. The fourth-order valence-electron chi connectivity index (χ4n) is 2.40. The Kier molecular flexibility index (Phi) is 4.76. The number of amides is 2. The number of rotatable bonds is 5. The van der Waals surface area contributed by atoms with Gasteiger partial charge in [-0.15, -0.1) is 0 Å². The molecule has 2 amide bonds. The summed E-state index contributed by atoms with van der Waals surface area (Å²) < 4.78 is 5.53. The van der Waals surface area contributed by atoms with Gasteiger partial charge in [-0.05, 0) is 26.2 Å². The summed E-state index contributed by atoms with van der Waals surface area (Å²) in [7, 11) is 1.71. The molecule has 3 N–H and O–H groups in total. The Bertz CT molecular complexity index is 366. The van der Waals surface area contributed by atoms with E-state index in [1.54, 1.807) is 14.0 Å². The van der Waals surface area contributed by atoms with E-state index in [4.69, 9.17) is 4.74 Å². The van der Waals surface area contributed by atoms with Crippen LogP contribution < -0.4 is 10.6 Å². The van der Waals surface area contributed by atoms with Crippen LogP contribution in [-0.2, 0) is 4.74 Å². The number of urea groups is 1. The molecule has 0 aromatic heterocycles. The fraction of sp³-hybridized carbons (Fsp3) is 0.933. The van der Waals surface area contributed by atoms with Crippen molar-refractivity contribution < 1.29 is 14.6 Å². The van der Waals surface area contributed by atoms with Crippen molar-refractivity contribution in [3.8, 4) is 0 Å². The van der Waals surface area contributed by atoms with E-state index in [1.807, 2.05) is 13.8 Å². The standard InChI is InChI=1S/C15H30N2O3/c1-10(2)14(5,19)9-16-12(18)17-11-8-15(6,20-7)13(11,3)4/h10-11,19H,8-9H2,1-7H3,(H2,16,17,18). The van der Waals surface area contributed by atoms with Gasteiger partial charge >= 0.3 is 6.03 Å². The van der Waals surface area contributed by atoms with Gasteiger partial charge in [-0.2, -0.15) is 0 Å². The quantitative estimate of drug-likeness (QED) is 0.723. The maximum atomic E-state index is 11.9. The molecule has 118 valence electrons. The van der Waals surface area contributed by atoms with E-state index in [-0.39, 0.29) is 35.6 Å². The third-order valence-corrected chi connectivity index (χ3v) is 5.43. The number of hydrogen-bond acceptors (Lipinski definition) is 3. The predicted molar refractivity (Wildman–Crippen MR) is 79.6 cm³/mol. The molecule has 0 heterocycles. The second-order valence-electron chi connectivity index (χ2n) is 7.25. The Morgan fingerprint density at radius 1 is 1.45 bits per heavy atom. The van der Waals surface area contributed by atoms with E-state index >= 15 is 0 Å². The van der Waals surface area contributed by atoms with Gasteiger partial charge in [-0.3, -0.25) is 0 Å². The minimum Gasteiger partial charge on any atom is -0.388 e. The highest BCUT2D eigenvalue weighted by Gasteiger charge is 2.58. The number of aliphatic hydroxyl groups is 1. The molecule has 3 unspecified atom stereocenters. The molecule has 0 spiro atoms. The first-order valence-electron chi connectivity index (χ1n) is 7.28. The summed E-state index contributed by atoms with van der Waals surface area (Å²) in [6.45, 7) is 12.1. The average molecular weight is 286 g/mol. The summed E-state index contributed by atoms with van der Waals surface area (Å²) in [5.41, 5.74) is -1.21. The Labute approximate surface area is 122 Å². The smallest absolute Gasteiger partial charge is 0.315 e. The van der Waals surface area contributed by atoms with Crippen molar-refractivity contribution >= 4 is 6.03 Å². The van der Waals surface area contributed by atoms with Crippen molar-refractivity contribution in [2.24, 2.45) is 11.3 Å². The van der Waals surface area contributed by atoms with E-state index < -0.39 is 5.60 Å². The van der Waals surface area contributed by atoms with Crippen LogP contribution in [0.15, 0.2) is 0 Å². The Morgan fingerprint density at radius 3 is 2.40 bits per heavy atom. The maximum absolute atomic E-state index is 11.9. The first-order valence-corrected chi connectivity index (χ1v) is 7.28. The van der Waals surface area contributed by atoms with Gasteiger partial charge in [-0.25, -0.2) is 4.79 Å². The average Bonchev–Trinajstić information content (AvgIpc) is 2.35. The van der Waals surface area contributed by atoms with Crippen LogP contribution in [0.3, 0.4) is 0 Å². The molecule has 0 aromatic rings. The first kappa shape index (κ1) is 17.2. The van der Waals surface area contributed by atoms with Crippen LogP contribution in [0.5, 0.6) is 0 Å². The van der Waals surface area contributed by atoms with E-state index in [1.165, 1.54) is 0 Å². The van der Waals surface area contributed by atoms with Crippen molar-refractivity contribution in [1.29, 1.82) is 0 Å². The second kappa shape index (κ2) is 5.53. The Morgan fingerprint density at radius 2 is 2.00 bits per heavy atom. The molecular formula is C15H30N2O3. The monoisotopic (exact) mass is 286 g/mol. The number of ether oxygens (including phenoxy) is 1. The summed E-state index contributed by atoms with van der Waals surface area (Å²) in [5, 5.41) is 15.8. The summed E-state index contributed by atoms with van der Waals surface area (Å²) in [6.07, 6.45) is 0.796. The lowest BCUT2D eigenvalue weighted by Crippen LogP contribution is -2.69. The van der Waals surface area contributed by atoms with E-state index in [0.717, 1.165) is 6.42 Å². The zero-order valence-corrected chi connectivity index (χ0v) is 13.8. The van der Waals surface area contributed by atoms with Gasteiger partial charge in [0.25, 0.3) is 0 Å². The number of nitrogens with one attached hydrogen (secondary N) is 2. The van der Waals surface area contributed by atoms with Crippen molar-refractivity contribution in [3.05, 3.63) is 0 Å². The Balaban J connectivity index is 2.46. The molecule has 5 nitrogen and oxygen atoms in total. The van der Waals surface area contributed by atoms with Gasteiger partial charge in [0, 0.05) is 25.1 Å². The first-order chi connectivity index (χ1) is 8.96. The van der Waals surface area contributed by atoms with E-state index in [9.17, 15) is 9.90 Å². The molecular weight excluding hydrogens is 256 g/mol. The molecule has 5 heteroatoms. The van der Waals surface area contributed by atoms with Crippen LogP contribution in [0, 0.1) is 11.3 Å². The molecule has 1 aliphatic carbocycles. The fourth-order valence-corrected chi connectivity index (χ4v) is 2.40. The van der Waals surface area contributed by atoms with Gasteiger partial charge in [0.1, 0.15) is 0 Å². The number of carbonyl (C=O) groups excluding carboxylic acids is 1. The highest BCUT2D eigenvalue weighted by molar-refractivity contribution is 5.74. The van der Waals surface area contributed by atoms with Crippen molar-refractivity contribution in [2.75, 3.05) is 13.7 Å². The predicted octanol–water partition coefficient (Wildman–Crippen LogP) is 1.90. The highest BCUT2D eigenvalue weighted by Crippen LogP contribution is 2.51. The van der Waals surface area contributed by atoms with Crippen molar-refractivity contribution in [1.82, 2.24) is 10.6 Å². The van der Waals surface area contributed by atoms with Crippen LogP contribution in [0.4, 0.5) is 4.79 Å². The molecule has 1 saturated carbocycles. The second-order valence-corrected chi connectivity index (χ2v) is 7.25. The normalized spacial score (nSPS) is 31.4. The minimum absolute atomic E-state index is 0.0800. The highest BCUT2D eigenvalue weighted by atomic mass is 16.5. The summed E-state index contributed by atoms with van der Waals surface area (Å²) in [4.78, 5) is 11.9. The van der Waals surface area contributed by atoms with Crippen LogP contribution in [-0.4, -0.2) is 42.0 Å². The summed E-state index contributed by atoms with van der Waals surface area (Å²) in [6, 6.07) is -0.154. The molecule has 0 saturated heterocycles. The van der Waals surface area contributed by atoms with Gasteiger partial charge in [0.05, 0.1) is 11.2 Å². The molecule has 1 rings (SSSR count). The van der Waals surface area contributed by atoms with Crippen LogP contribution in [0.25, 0.3) is 0 Å². The molecule has 20 heavy (non-hydrogen) atoms. The Hall–Kier alpha value is -0.810. The molecule has 0 aromatic carbocycles. The van der Waals surface area contributed by atoms with Crippen molar-refractivity contribution in [3.63, 3.8) is 0 Å². The van der Waals surface area contributed by atoms with Gasteiger partial charge in [0.2, 0.25) is 0 Å². The van der Waals surface area contributed by atoms with E-state index in [2.05, 4.69) is 31.4 Å². The zero-order chi connectivity index (χ0) is 15.8. The van der Waals surface area contributed by atoms with Crippen LogP contribution >= 0.6 is 0 Å². The lowest BCUT2D eigenvalue weighted by atomic mass is 9.56. The number of carbonyl (C=O) groups is 1. The van der Waals surface area contributed by atoms with E-state index in [0.29, 0.717) is 0 Å². The third kappa shape index (κ3) is 3.09. The lowest BCUT2D eigenvalue weighted by molar-refractivity contribution is -0.177. The van der Waals surface area contributed by atoms with Gasteiger partial charge in [0.15, 0.2) is 0 Å². The third-order valence-electron chi connectivity index (χ3n) is 5.43. The molecule has 0 aliphatic heterocycles. The van der Waals surface area contributed by atoms with Crippen molar-refractivity contribution in [2.45, 2.75) is 65.2 Å². The minimum atomic E-state index is -0.895. The maximum Gasteiger partial charge on any atom is 0.315 e. The molecule has 0 bridgehead atoms. The van der Waals surface area contributed by atoms with Crippen LogP contribution in [0.1, 0.15) is 48.0 Å². The summed E-state index contributed by atoms with van der Waals surface area (Å²) >= 11 is 0.